The predicted molar refractivity (Wildman–Crippen MR) is 195 cm³/mol. The minimum atomic E-state index is -0.816. The lowest BCUT2D eigenvalue weighted by Gasteiger charge is -2.39. The molecule has 1 aliphatic carbocycles. The molecular formula is C41H40FNO12. The number of fused-ring (bicyclic) bond motifs is 3. The van der Waals surface area contributed by atoms with Crippen LogP contribution in [0.3, 0.4) is 0 Å². The Morgan fingerprint density at radius 2 is 1.47 bits per heavy atom. The Balaban J connectivity index is 1.39. The number of carbonyl (C=O) groups is 2. The molecule has 0 bridgehead atoms. The number of hydrogen-bond acceptors (Lipinski definition) is 12. The van der Waals surface area contributed by atoms with E-state index in [1.165, 1.54) is 53.8 Å². The zero-order chi connectivity index (χ0) is 39.0. The molecule has 288 valence electrons. The zero-order valence-corrected chi connectivity index (χ0v) is 30.8. The van der Waals surface area contributed by atoms with E-state index in [0.29, 0.717) is 62.1 Å². The maximum atomic E-state index is 15.5. The minimum absolute atomic E-state index is 0.0177. The van der Waals surface area contributed by atoms with Crippen molar-refractivity contribution in [3.05, 3.63) is 99.4 Å². The summed E-state index contributed by atoms with van der Waals surface area (Å²) >= 11 is 0. The largest absolute Gasteiger partial charge is 0.497 e. The number of halogens is 1. The molecule has 3 aliphatic rings. The van der Waals surface area contributed by atoms with Gasteiger partial charge in [0.05, 0.1) is 67.3 Å². The van der Waals surface area contributed by atoms with Gasteiger partial charge in [0, 0.05) is 40.2 Å². The molecule has 4 atom stereocenters. The fourth-order valence-electron chi connectivity index (χ4n) is 7.83. The highest BCUT2D eigenvalue weighted by Gasteiger charge is 2.53. The molecule has 1 saturated heterocycles. The summed E-state index contributed by atoms with van der Waals surface area (Å²) in [6.07, 6.45) is 1.40. The highest BCUT2D eigenvalue weighted by atomic mass is 19.1. The zero-order valence-electron chi connectivity index (χ0n) is 30.8. The maximum Gasteiger partial charge on any atom is 0.310 e. The number of carbonyl (C=O) groups excluding carboxylic acids is 2. The van der Waals surface area contributed by atoms with E-state index in [2.05, 4.69) is 5.32 Å². The maximum absolute atomic E-state index is 15.5. The quantitative estimate of drug-likeness (QED) is 0.102. The van der Waals surface area contributed by atoms with E-state index in [1.54, 1.807) is 42.5 Å². The molecule has 4 aromatic carbocycles. The van der Waals surface area contributed by atoms with E-state index in [9.17, 15) is 19.8 Å². The van der Waals surface area contributed by atoms with Crippen molar-refractivity contribution in [2.24, 2.45) is 11.8 Å². The van der Waals surface area contributed by atoms with Gasteiger partial charge in [0.25, 0.3) is 5.91 Å². The summed E-state index contributed by atoms with van der Waals surface area (Å²) in [5.41, 5.74) is 3.14. The normalized spacial score (nSPS) is 19.6. The number of nitrogens with one attached hydrogen (secondary N) is 1. The smallest absolute Gasteiger partial charge is 0.310 e. The van der Waals surface area contributed by atoms with Gasteiger partial charge in [-0.1, -0.05) is 0 Å². The minimum Gasteiger partial charge on any atom is -0.497 e. The van der Waals surface area contributed by atoms with Crippen molar-refractivity contribution >= 4 is 23.5 Å². The Kier molecular flexibility index (Phi) is 10.5. The Morgan fingerprint density at radius 3 is 2.09 bits per heavy atom. The first kappa shape index (κ1) is 37.3. The van der Waals surface area contributed by atoms with Crippen molar-refractivity contribution in [1.29, 1.82) is 0 Å². The van der Waals surface area contributed by atoms with Gasteiger partial charge in [0.15, 0.2) is 34.5 Å². The number of esters is 1. The summed E-state index contributed by atoms with van der Waals surface area (Å²) in [5, 5.41) is 23.7. The molecule has 1 amide bonds. The number of rotatable bonds is 12. The third kappa shape index (κ3) is 6.61. The molecule has 0 radical (unpaired) electrons. The summed E-state index contributed by atoms with van der Waals surface area (Å²) in [7, 11) is 7.24. The van der Waals surface area contributed by atoms with Crippen LogP contribution < -0.4 is 38.5 Å². The van der Waals surface area contributed by atoms with Gasteiger partial charge in [-0.15, -0.1) is 0 Å². The van der Waals surface area contributed by atoms with Gasteiger partial charge >= 0.3 is 5.97 Å². The summed E-state index contributed by atoms with van der Waals surface area (Å²) in [4.78, 5) is 28.6. The average molecular weight is 758 g/mol. The van der Waals surface area contributed by atoms with Crippen LogP contribution in [0.25, 0.3) is 11.6 Å². The van der Waals surface area contributed by atoms with E-state index in [4.69, 9.17) is 37.9 Å². The van der Waals surface area contributed by atoms with E-state index in [0.717, 1.165) is 0 Å². The van der Waals surface area contributed by atoms with Gasteiger partial charge in [0.1, 0.15) is 11.6 Å². The molecule has 0 unspecified atom stereocenters. The fraction of sp³-hybridized carbons (Fsp3) is 0.317. The first-order valence-corrected chi connectivity index (χ1v) is 17.4. The van der Waals surface area contributed by atoms with Gasteiger partial charge in [-0.25, -0.2) is 4.39 Å². The van der Waals surface area contributed by atoms with Crippen LogP contribution in [0.1, 0.15) is 50.9 Å². The van der Waals surface area contributed by atoms with E-state index in [1.807, 2.05) is 0 Å². The molecule has 2 heterocycles. The molecule has 55 heavy (non-hydrogen) atoms. The second-order valence-corrected chi connectivity index (χ2v) is 13.1. The molecule has 3 N–H and O–H groups in total. The molecule has 2 aliphatic heterocycles. The summed E-state index contributed by atoms with van der Waals surface area (Å²) in [5.74, 6) is -1.30. The highest BCUT2D eigenvalue weighted by Crippen LogP contribution is 2.55. The molecular weight excluding hydrogens is 717 g/mol. The van der Waals surface area contributed by atoms with Gasteiger partial charge in [-0.05, 0) is 76.9 Å². The number of aliphatic hydroxyl groups excluding tert-OH is 2. The van der Waals surface area contributed by atoms with Crippen LogP contribution in [-0.2, 0) is 27.5 Å². The van der Waals surface area contributed by atoms with Gasteiger partial charge in [-0.2, -0.15) is 0 Å². The lowest BCUT2D eigenvalue weighted by molar-refractivity contribution is -0.141. The number of hydrogen-bond donors (Lipinski definition) is 3. The molecule has 1 fully saturated rings. The van der Waals surface area contributed by atoms with Crippen molar-refractivity contribution in [3.8, 4) is 40.2 Å². The second kappa shape index (κ2) is 15.4. The van der Waals surface area contributed by atoms with Crippen molar-refractivity contribution in [2.45, 2.75) is 25.2 Å². The van der Waals surface area contributed by atoms with Crippen LogP contribution in [0.4, 0.5) is 4.39 Å². The fourth-order valence-corrected chi connectivity index (χ4v) is 7.83. The van der Waals surface area contributed by atoms with Crippen LogP contribution in [0.15, 0.2) is 54.6 Å². The van der Waals surface area contributed by atoms with E-state index >= 15 is 4.39 Å². The lowest BCUT2D eigenvalue weighted by atomic mass is 9.65. The number of benzene rings is 4. The van der Waals surface area contributed by atoms with E-state index in [-0.39, 0.29) is 42.6 Å². The summed E-state index contributed by atoms with van der Waals surface area (Å²) in [6, 6.07) is 13.7. The van der Waals surface area contributed by atoms with Crippen molar-refractivity contribution in [3.63, 3.8) is 0 Å². The van der Waals surface area contributed by atoms with Crippen LogP contribution >= 0.6 is 0 Å². The van der Waals surface area contributed by atoms with Crippen LogP contribution in [0.2, 0.25) is 0 Å². The van der Waals surface area contributed by atoms with Crippen molar-refractivity contribution in [1.82, 2.24) is 5.32 Å². The third-order valence-electron chi connectivity index (χ3n) is 10.4. The number of cyclic esters (lactones) is 1. The Hall–Kier alpha value is -5.99. The summed E-state index contributed by atoms with van der Waals surface area (Å²) < 4.78 is 60.2. The van der Waals surface area contributed by atoms with Gasteiger partial charge < -0.3 is 53.4 Å². The van der Waals surface area contributed by atoms with Gasteiger partial charge in [0.2, 0.25) is 6.79 Å². The number of aliphatic hydroxyl groups is 2. The molecule has 4 aromatic rings. The van der Waals surface area contributed by atoms with Crippen LogP contribution in [0, 0.1) is 17.7 Å². The van der Waals surface area contributed by atoms with E-state index < -0.39 is 48.1 Å². The predicted octanol–water partition coefficient (Wildman–Crippen LogP) is 4.91. The number of methoxy groups -OCH3 is 5. The molecule has 0 saturated carbocycles. The third-order valence-corrected chi connectivity index (χ3v) is 10.4. The molecule has 0 spiro atoms. The average Bonchev–Trinajstić information content (AvgIpc) is 3.84. The molecule has 0 aromatic heterocycles. The standard InChI is InChI=1S/C41H40FNO12/c1-48-25-7-6-20(30(42)13-25)10-26(21-8-23(16-44)38(51-4)33(11-21)49-2)40(46)43-37-28-15-32-31(54-19-55-32)14-27(28)35(36-29(37)18-53-41(36)47)22-9-24(17-45)39(52-5)34(12-22)50-3/h6-15,29,35-37,44-45H,16-19H2,1-5H3,(H,43,46)/t29-,35+,36-,37+/m0/s1. The van der Waals surface area contributed by atoms with Crippen LogP contribution in [-0.4, -0.2) is 71.0 Å². The number of ether oxygens (including phenoxy) is 8. The SMILES string of the molecule is COc1ccc(C=C(C(=O)N[C@@H]2c3cc4c(cc3[C@@H](c3cc(CO)c(OC)c(OC)c3)[C@H]3C(=O)OC[C@@H]32)OCO4)c2cc(CO)c(OC)c(OC)c2)c(F)c1. The van der Waals surface area contributed by atoms with Gasteiger partial charge in [-0.3, -0.25) is 9.59 Å². The van der Waals surface area contributed by atoms with Crippen molar-refractivity contribution in [2.75, 3.05) is 48.9 Å². The highest BCUT2D eigenvalue weighted by molar-refractivity contribution is 6.24. The molecule has 7 rings (SSSR count). The Morgan fingerprint density at radius 1 is 0.818 bits per heavy atom. The monoisotopic (exact) mass is 757 g/mol. The Bertz CT molecular complexity index is 2130. The molecule has 14 heteroatoms. The Labute approximate surface area is 316 Å². The van der Waals surface area contributed by atoms with Crippen LogP contribution in [0.5, 0.6) is 40.2 Å². The number of amides is 1. The summed E-state index contributed by atoms with van der Waals surface area (Å²) in [6.45, 7) is -0.840. The van der Waals surface area contributed by atoms with Crippen molar-refractivity contribution < 1.29 is 62.1 Å². The first-order chi connectivity index (χ1) is 26.7. The lowest BCUT2D eigenvalue weighted by Crippen LogP contribution is -2.43. The first-order valence-electron chi connectivity index (χ1n) is 17.4. The topological polar surface area (TPSA) is 160 Å². The molecule has 13 nitrogen and oxygen atoms in total. The second-order valence-electron chi connectivity index (χ2n) is 13.1.